The van der Waals surface area contributed by atoms with Gasteiger partial charge < -0.3 is 9.64 Å². The van der Waals surface area contributed by atoms with Crippen molar-refractivity contribution in [3.63, 3.8) is 0 Å². The normalized spacial score (nSPS) is 21.1. The van der Waals surface area contributed by atoms with Crippen molar-refractivity contribution in [3.8, 4) is 0 Å². The number of likely N-dealkylation sites (tertiary alicyclic amines) is 1. The van der Waals surface area contributed by atoms with Crippen molar-refractivity contribution in [2.24, 2.45) is 5.92 Å². The van der Waals surface area contributed by atoms with Crippen LogP contribution in [-0.2, 0) is 9.53 Å². The molecular weight excluding hydrogens is 230 g/mol. The van der Waals surface area contributed by atoms with E-state index < -0.39 is 5.60 Å². The third-order valence-corrected chi connectivity index (χ3v) is 2.81. The fourth-order valence-electron chi connectivity index (χ4n) is 2.00. The molecule has 0 aliphatic carbocycles. The summed E-state index contributed by atoms with van der Waals surface area (Å²) in [7, 11) is 0. The molecule has 1 aliphatic rings. The Balaban J connectivity index is 2.58. The highest BCUT2D eigenvalue weighted by atomic mass is 16.6. The molecule has 1 heterocycles. The maximum atomic E-state index is 11.9. The predicted molar refractivity (Wildman–Crippen MR) is 70.4 cm³/mol. The molecule has 0 aromatic rings. The summed E-state index contributed by atoms with van der Waals surface area (Å²) in [5.41, 5.74) is -0.489. The molecular formula is C14H23NO3. The number of amides is 1. The highest BCUT2D eigenvalue weighted by molar-refractivity contribution is 5.92. The van der Waals surface area contributed by atoms with Gasteiger partial charge in [-0.15, -0.1) is 0 Å². The predicted octanol–water partition coefficient (Wildman–Crippen LogP) is 2.78. The van der Waals surface area contributed by atoms with Crippen LogP contribution in [0, 0.1) is 5.92 Å². The summed E-state index contributed by atoms with van der Waals surface area (Å²) in [6.45, 7) is 8.50. The first-order valence-electron chi connectivity index (χ1n) is 6.48. The Hall–Kier alpha value is -1.32. The molecule has 1 fully saturated rings. The van der Waals surface area contributed by atoms with Crippen LogP contribution in [0.3, 0.4) is 0 Å². The van der Waals surface area contributed by atoms with Crippen LogP contribution < -0.4 is 0 Å². The fraction of sp³-hybridized carbons (Fsp3) is 0.714. The van der Waals surface area contributed by atoms with Crippen LogP contribution in [0.4, 0.5) is 4.79 Å². The third kappa shape index (κ3) is 4.51. The first-order chi connectivity index (χ1) is 8.33. The van der Waals surface area contributed by atoms with Gasteiger partial charge in [0.25, 0.3) is 0 Å². The molecule has 18 heavy (non-hydrogen) atoms. The zero-order valence-corrected chi connectivity index (χ0v) is 11.7. The van der Waals surface area contributed by atoms with Crippen LogP contribution in [0.25, 0.3) is 0 Å². The van der Waals surface area contributed by atoms with Crippen LogP contribution >= 0.6 is 0 Å². The van der Waals surface area contributed by atoms with Crippen molar-refractivity contribution in [2.45, 2.75) is 46.1 Å². The minimum absolute atomic E-state index is 0.0810. The Bertz CT molecular complexity index is 341. The molecule has 0 aromatic heterocycles. The van der Waals surface area contributed by atoms with Gasteiger partial charge in [0.05, 0.1) is 0 Å². The van der Waals surface area contributed by atoms with Crippen molar-refractivity contribution in [1.29, 1.82) is 0 Å². The molecule has 0 N–H and O–H groups in total. The van der Waals surface area contributed by atoms with Gasteiger partial charge in [-0.3, -0.25) is 4.79 Å². The number of allylic oxidation sites excluding steroid dienone is 2. The molecule has 0 unspecified atom stereocenters. The summed E-state index contributed by atoms with van der Waals surface area (Å²) in [5.74, 6) is 0.0215. The third-order valence-electron chi connectivity index (χ3n) is 2.81. The molecule has 0 radical (unpaired) electrons. The molecule has 102 valence electrons. The van der Waals surface area contributed by atoms with Crippen molar-refractivity contribution < 1.29 is 14.3 Å². The van der Waals surface area contributed by atoms with Gasteiger partial charge >= 0.3 is 6.09 Å². The molecule has 1 saturated heterocycles. The fourth-order valence-corrected chi connectivity index (χ4v) is 2.00. The number of ether oxygens (including phenoxy) is 1. The lowest BCUT2D eigenvalue weighted by Gasteiger charge is -2.33. The summed E-state index contributed by atoms with van der Waals surface area (Å²) >= 11 is 0. The average Bonchev–Trinajstić information content (AvgIpc) is 2.27. The van der Waals surface area contributed by atoms with Crippen molar-refractivity contribution in [2.75, 3.05) is 13.1 Å². The van der Waals surface area contributed by atoms with Crippen LogP contribution in [-0.4, -0.2) is 35.5 Å². The molecule has 1 rings (SSSR count). The van der Waals surface area contributed by atoms with Crippen LogP contribution in [0.5, 0.6) is 0 Å². The van der Waals surface area contributed by atoms with Gasteiger partial charge in [0.2, 0.25) is 0 Å². The van der Waals surface area contributed by atoms with E-state index in [-0.39, 0.29) is 17.8 Å². The summed E-state index contributed by atoms with van der Waals surface area (Å²) in [6, 6.07) is 0. The minimum Gasteiger partial charge on any atom is -0.444 e. The molecule has 1 amide bonds. The maximum Gasteiger partial charge on any atom is 0.410 e. The first kappa shape index (κ1) is 14.7. The van der Waals surface area contributed by atoms with E-state index in [1.165, 1.54) is 0 Å². The lowest BCUT2D eigenvalue weighted by Crippen LogP contribution is -2.44. The second kappa shape index (κ2) is 6.03. The minimum atomic E-state index is -0.489. The van der Waals surface area contributed by atoms with Crippen LogP contribution in [0.1, 0.15) is 40.5 Å². The molecule has 0 spiro atoms. The van der Waals surface area contributed by atoms with E-state index >= 15 is 0 Å². The number of carbonyl (C=O) groups excluding carboxylic acids is 2. The zero-order chi connectivity index (χ0) is 13.8. The second-order valence-electron chi connectivity index (χ2n) is 5.67. The van der Waals surface area contributed by atoms with E-state index in [1.807, 2.05) is 27.7 Å². The Kier molecular flexibility index (Phi) is 4.93. The van der Waals surface area contributed by atoms with E-state index in [0.29, 0.717) is 13.1 Å². The van der Waals surface area contributed by atoms with E-state index in [0.717, 1.165) is 12.8 Å². The van der Waals surface area contributed by atoms with E-state index in [4.69, 9.17) is 4.74 Å². The number of hydrogen-bond donors (Lipinski definition) is 0. The van der Waals surface area contributed by atoms with Gasteiger partial charge in [0.1, 0.15) is 5.60 Å². The Morgan fingerprint density at radius 2 is 2.00 bits per heavy atom. The highest BCUT2D eigenvalue weighted by Crippen LogP contribution is 2.20. The first-order valence-corrected chi connectivity index (χ1v) is 6.48. The molecule has 0 aromatic carbocycles. The number of carbonyl (C=O) groups is 2. The summed E-state index contributed by atoms with van der Waals surface area (Å²) in [5, 5.41) is 0. The second-order valence-corrected chi connectivity index (χ2v) is 5.67. The van der Waals surface area contributed by atoms with Crippen molar-refractivity contribution in [1.82, 2.24) is 4.90 Å². The van der Waals surface area contributed by atoms with Gasteiger partial charge in [-0.25, -0.2) is 4.79 Å². The summed E-state index contributed by atoms with van der Waals surface area (Å²) < 4.78 is 5.32. The van der Waals surface area contributed by atoms with Gasteiger partial charge in [-0.05, 0) is 46.6 Å². The van der Waals surface area contributed by atoms with E-state index in [2.05, 4.69) is 0 Å². The lowest BCUT2D eigenvalue weighted by atomic mass is 9.94. The summed E-state index contributed by atoms with van der Waals surface area (Å²) in [6.07, 6.45) is 4.72. The smallest absolute Gasteiger partial charge is 0.410 e. The molecule has 0 bridgehead atoms. The van der Waals surface area contributed by atoms with Crippen molar-refractivity contribution >= 4 is 11.9 Å². The summed E-state index contributed by atoms with van der Waals surface area (Å²) in [4.78, 5) is 25.3. The van der Waals surface area contributed by atoms with Gasteiger partial charge in [0, 0.05) is 19.0 Å². The molecule has 1 atom stereocenters. The quantitative estimate of drug-likeness (QED) is 0.711. The zero-order valence-electron chi connectivity index (χ0n) is 11.7. The van der Waals surface area contributed by atoms with E-state index in [1.54, 1.807) is 17.1 Å². The Morgan fingerprint density at radius 1 is 1.33 bits per heavy atom. The standard InChI is InChI=1S/C14H23NO3/c1-5-7-12(16)11-8-6-9-15(10-11)13(17)18-14(2,3)4/h5,7,11H,6,8-10H2,1-4H3/b7-5+/t11-/m0/s1. The average molecular weight is 253 g/mol. The van der Waals surface area contributed by atoms with Gasteiger partial charge in [-0.1, -0.05) is 6.08 Å². The van der Waals surface area contributed by atoms with Crippen LogP contribution in [0.15, 0.2) is 12.2 Å². The number of hydrogen-bond acceptors (Lipinski definition) is 3. The van der Waals surface area contributed by atoms with Gasteiger partial charge in [0.15, 0.2) is 5.78 Å². The number of nitrogens with zero attached hydrogens (tertiary/aromatic N) is 1. The molecule has 0 saturated carbocycles. The molecule has 4 heteroatoms. The number of rotatable bonds is 2. The van der Waals surface area contributed by atoms with Crippen molar-refractivity contribution in [3.05, 3.63) is 12.2 Å². The van der Waals surface area contributed by atoms with Gasteiger partial charge in [-0.2, -0.15) is 0 Å². The molecule has 4 nitrogen and oxygen atoms in total. The van der Waals surface area contributed by atoms with E-state index in [9.17, 15) is 9.59 Å². The number of ketones is 1. The molecule has 1 aliphatic heterocycles. The maximum absolute atomic E-state index is 11.9. The lowest BCUT2D eigenvalue weighted by molar-refractivity contribution is -0.119. The Morgan fingerprint density at radius 3 is 2.56 bits per heavy atom. The SMILES string of the molecule is C/C=C/C(=O)[C@H]1CCCN(C(=O)OC(C)(C)C)C1. The topological polar surface area (TPSA) is 46.6 Å². The largest absolute Gasteiger partial charge is 0.444 e. The monoisotopic (exact) mass is 253 g/mol. The Labute approximate surface area is 109 Å². The highest BCUT2D eigenvalue weighted by Gasteiger charge is 2.29. The van der Waals surface area contributed by atoms with Crippen LogP contribution in [0.2, 0.25) is 0 Å². The number of piperidine rings is 1.